The van der Waals surface area contributed by atoms with Crippen molar-refractivity contribution in [2.75, 3.05) is 19.1 Å². The number of carbonyl (C=O) groups is 1. The molecule has 0 spiro atoms. The molecule has 0 bridgehead atoms. The molecule has 3 aromatic rings. The Balaban J connectivity index is 1.71. The highest BCUT2D eigenvalue weighted by Gasteiger charge is 2.44. The Labute approximate surface area is 178 Å². The molecule has 0 amide bonds. The molecule has 1 heterocycles. The monoisotopic (exact) mass is 429 g/mol. The summed E-state index contributed by atoms with van der Waals surface area (Å²) in [6.07, 6.45) is 2.95. The van der Waals surface area contributed by atoms with Gasteiger partial charge in [-0.3, -0.25) is 4.79 Å². The van der Waals surface area contributed by atoms with Crippen LogP contribution in [0.15, 0.2) is 48.8 Å². The third kappa shape index (κ3) is 3.75. The van der Waals surface area contributed by atoms with E-state index in [-0.39, 0.29) is 29.7 Å². The number of rotatable bonds is 5. The van der Waals surface area contributed by atoms with Gasteiger partial charge in [0.05, 0.1) is 29.4 Å². The largest absolute Gasteiger partial charge is 0.469 e. The summed E-state index contributed by atoms with van der Waals surface area (Å²) in [5, 5.41) is 11.9. The van der Waals surface area contributed by atoms with Crippen molar-refractivity contribution in [1.82, 2.24) is 20.2 Å². The van der Waals surface area contributed by atoms with Gasteiger partial charge in [0.15, 0.2) is 0 Å². The van der Waals surface area contributed by atoms with Crippen molar-refractivity contribution in [2.24, 2.45) is 5.92 Å². The van der Waals surface area contributed by atoms with E-state index in [1.165, 1.54) is 25.6 Å². The van der Waals surface area contributed by atoms with Crippen LogP contribution >= 0.6 is 11.6 Å². The van der Waals surface area contributed by atoms with E-state index in [9.17, 15) is 9.18 Å². The van der Waals surface area contributed by atoms with Crippen LogP contribution in [0.4, 0.5) is 10.1 Å². The van der Waals surface area contributed by atoms with Crippen molar-refractivity contribution in [1.29, 1.82) is 0 Å². The molecule has 0 aliphatic heterocycles. The summed E-state index contributed by atoms with van der Waals surface area (Å²) in [7, 11) is 3.35. The van der Waals surface area contributed by atoms with E-state index in [1.54, 1.807) is 22.9 Å². The van der Waals surface area contributed by atoms with E-state index in [4.69, 9.17) is 16.3 Å². The summed E-state index contributed by atoms with van der Waals surface area (Å²) in [6, 6.07) is 11.8. The van der Waals surface area contributed by atoms with Gasteiger partial charge in [-0.2, -0.15) is 0 Å². The number of benzene rings is 2. The molecule has 7 nitrogen and oxygen atoms in total. The maximum Gasteiger partial charge on any atom is 0.309 e. The molecule has 1 aliphatic carbocycles. The van der Waals surface area contributed by atoms with Crippen molar-refractivity contribution in [3.8, 4) is 5.69 Å². The fraction of sp³-hybridized carbons (Fsp3) is 0.333. The fourth-order valence-corrected chi connectivity index (χ4v) is 4.59. The Morgan fingerprint density at radius 3 is 2.67 bits per heavy atom. The van der Waals surface area contributed by atoms with Crippen LogP contribution in [0.3, 0.4) is 0 Å². The first-order chi connectivity index (χ1) is 14.5. The third-order valence-electron chi connectivity index (χ3n) is 5.80. The number of hydrogen-bond donors (Lipinski definition) is 0. The molecule has 4 rings (SSSR count). The van der Waals surface area contributed by atoms with Crippen LogP contribution in [0.25, 0.3) is 5.69 Å². The summed E-state index contributed by atoms with van der Waals surface area (Å²) in [5.74, 6) is -1.03. The summed E-state index contributed by atoms with van der Waals surface area (Å²) >= 11 is 6.53. The summed E-state index contributed by atoms with van der Waals surface area (Å²) < 4.78 is 20.1. The summed E-state index contributed by atoms with van der Waals surface area (Å²) in [4.78, 5) is 14.6. The number of halogens is 2. The summed E-state index contributed by atoms with van der Waals surface area (Å²) in [6.45, 7) is 0. The van der Waals surface area contributed by atoms with Gasteiger partial charge in [-0.25, -0.2) is 9.07 Å². The molecule has 0 saturated heterocycles. The number of ether oxygens (including phenoxy) is 1. The number of methoxy groups -OCH3 is 1. The number of likely N-dealkylation sites (N-methyl/N-ethyl adjacent to an activating group) is 1. The maximum atomic E-state index is 13.5. The van der Waals surface area contributed by atoms with Gasteiger partial charge in [0, 0.05) is 19.0 Å². The van der Waals surface area contributed by atoms with E-state index in [1.807, 2.05) is 19.2 Å². The molecule has 1 aliphatic rings. The zero-order chi connectivity index (χ0) is 21.3. The lowest BCUT2D eigenvalue weighted by Gasteiger charge is -2.34. The lowest BCUT2D eigenvalue weighted by Crippen LogP contribution is -2.36. The van der Waals surface area contributed by atoms with Crippen molar-refractivity contribution in [3.05, 3.63) is 65.2 Å². The van der Waals surface area contributed by atoms with E-state index >= 15 is 0 Å². The van der Waals surface area contributed by atoms with Gasteiger partial charge < -0.3 is 9.64 Å². The van der Waals surface area contributed by atoms with Gasteiger partial charge in [0.2, 0.25) is 0 Å². The molecule has 0 unspecified atom stereocenters. The predicted molar refractivity (Wildman–Crippen MR) is 110 cm³/mol. The van der Waals surface area contributed by atoms with Crippen LogP contribution in [0.1, 0.15) is 24.3 Å². The van der Waals surface area contributed by atoms with Crippen LogP contribution in [0.2, 0.25) is 5.02 Å². The summed E-state index contributed by atoms with van der Waals surface area (Å²) in [5.41, 5.74) is 2.47. The van der Waals surface area contributed by atoms with Crippen LogP contribution in [-0.2, 0) is 9.53 Å². The lowest BCUT2D eigenvalue weighted by molar-refractivity contribution is -0.145. The molecule has 30 heavy (non-hydrogen) atoms. The minimum absolute atomic E-state index is 0.0267. The maximum absolute atomic E-state index is 13.5. The van der Waals surface area contributed by atoms with Crippen LogP contribution in [0.5, 0.6) is 0 Å². The van der Waals surface area contributed by atoms with Crippen molar-refractivity contribution in [3.63, 3.8) is 0 Å². The van der Waals surface area contributed by atoms with Gasteiger partial charge in [-0.1, -0.05) is 23.7 Å². The highest BCUT2D eigenvalue weighted by molar-refractivity contribution is 6.33. The van der Waals surface area contributed by atoms with Crippen molar-refractivity contribution < 1.29 is 13.9 Å². The zero-order valence-corrected chi connectivity index (χ0v) is 17.3. The third-order valence-corrected chi connectivity index (χ3v) is 6.12. The van der Waals surface area contributed by atoms with Gasteiger partial charge in [-0.15, -0.1) is 5.10 Å². The van der Waals surface area contributed by atoms with Crippen molar-refractivity contribution in [2.45, 2.75) is 24.8 Å². The van der Waals surface area contributed by atoms with E-state index in [0.717, 1.165) is 23.4 Å². The first-order valence-electron chi connectivity index (χ1n) is 9.58. The minimum Gasteiger partial charge on any atom is -0.469 e. The fourth-order valence-electron chi connectivity index (χ4n) is 4.34. The van der Waals surface area contributed by atoms with Gasteiger partial charge >= 0.3 is 5.97 Å². The highest BCUT2D eigenvalue weighted by atomic mass is 35.5. The molecular weight excluding hydrogens is 409 g/mol. The van der Waals surface area contributed by atoms with Gasteiger partial charge in [-0.05, 0) is 59.2 Å². The minimum atomic E-state index is -0.312. The second-order valence-electron chi connectivity index (χ2n) is 7.35. The Bertz CT molecular complexity index is 1030. The number of esters is 1. The molecule has 3 atom stereocenters. The Morgan fingerprint density at radius 2 is 2.00 bits per heavy atom. The standard InChI is InChI=1S/C21H21ClFN5O2/c1-27(19-11-15(7-9-17(19)22)28-12-24-25-26-28)18-10-8-16(21(29)30-2)20(18)13-3-5-14(23)6-4-13/h3-7,9,11-12,16,18,20H,8,10H2,1-2H3/t16-,18-,20+/m0/s1. The number of anilines is 1. The van der Waals surface area contributed by atoms with E-state index in [0.29, 0.717) is 11.4 Å². The Kier molecular flexibility index (Phi) is 5.67. The average Bonchev–Trinajstić information content (AvgIpc) is 3.44. The predicted octanol–water partition coefficient (Wildman–Crippen LogP) is 3.63. The molecule has 0 radical (unpaired) electrons. The smallest absolute Gasteiger partial charge is 0.309 e. The zero-order valence-electron chi connectivity index (χ0n) is 16.6. The van der Waals surface area contributed by atoms with E-state index < -0.39 is 0 Å². The molecular formula is C21H21ClFN5O2. The molecule has 156 valence electrons. The molecule has 1 saturated carbocycles. The second kappa shape index (κ2) is 8.39. The van der Waals surface area contributed by atoms with Crippen LogP contribution in [-0.4, -0.2) is 46.4 Å². The van der Waals surface area contributed by atoms with E-state index in [2.05, 4.69) is 20.4 Å². The molecule has 1 aromatic heterocycles. The quantitative estimate of drug-likeness (QED) is 0.577. The number of nitrogens with zero attached hydrogens (tertiary/aromatic N) is 5. The Morgan fingerprint density at radius 1 is 1.23 bits per heavy atom. The molecule has 9 heteroatoms. The van der Waals surface area contributed by atoms with Crippen LogP contribution in [0, 0.1) is 11.7 Å². The lowest BCUT2D eigenvalue weighted by atomic mass is 9.86. The van der Waals surface area contributed by atoms with Gasteiger partial charge in [0.1, 0.15) is 12.1 Å². The second-order valence-corrected chi connectivity index (χ2v) is 7.76. The number of carbonyl (C=O) groups excluding carboxylic acids is 1. The Hall–Kier alpha value is -3.00. The molecule has 0 N–H and O–H groups in total. The first kappa shape index (κ1) is 20.3. The number of tetrazole rings is 1. The van der Waals surface area contributed by atoms with Gasteiger partial charge in [0.25, 0.3) is 0 Å². The highest BCUT2D eigenvalue weighted by Crippen LogP contribution is 2.45. The topological polar surface area (TPSA) is 73.1 Å². The number of hydrogen-bond acceptors (Lipinski definition) is 6. The normalized spacial score (nSPS) is 20.9. The van der Waals surface area contributed by atoms with Crippen molar-refractivity contribution >= 4 is 23.3 Å². The van der Waals surface area contributed by atoms with Crippen LogP contribution < -0.4 is 4.90 Å². The SMILES string of the molecule is COC(=O)[C@H]1CC[C@H](N(C)c2cc(-n3cnnn3)ccc2Cl)[C@@H]1c1ccc(F)cc1. The average molecular weight is 430 g/mol. The number of aromatic nitrogens is 4. The molecule has 1 fully saturated rings. The molecule has 2 aromatic carbocycles. The first-order valence-corrected chi connectivity index (χ1v) is 9.96.